The molecule has 3 rings (SSSR count). The van der Waals surface area contributed by atoms with Gasteiger partial charge < -0.3 is 5.32 Å². The molecule has 0 spiro atoms. The van der Waals surface area contributed by atoms with E-state index in [9.17, 15) is 4.79 Å². The number of nitrogens with one attached hydrogen (secondary N) is 1. The average molecular weight is 334 g/mol. The first-order chi connectivity index (χ1) is 10.6. The smallest absolute Gasteiger partial charge is 0.276 e. The molecular weight excluding hydrogens is 325 g/mol. The lowest BCUT2D eigenvalue weighted by Gasteiger charge is -2.06. The van der Waals surface area contributed by atoms with Gasteiger partial charge >= 0.3 is 0 Å². The predicted octanol–water partition coefficient (Wildman–Crippen LogP) is 3.22. The molecule has 0 fully saturated rings. The fourth-order valence-electron chi connectivity index (χ4n) is 1.75. The first-order valence-corrected chi connectivity index (χ1v) is 6.97. The van der Waals surface area contributed by atoms with Gasteiger partial charge in [-0.3, -0.25) is 9.36 Å². The van der Waals surface area contributed by atoms with Crippen molar-refractivity contribution in [2.24, 2.45) is 0 Å². The second-order valence-electron chi connectivity index (χ2n) is 4.33. The van der Waals surface area contributed by atoms with Crippen LogP contribution in [0.4, 0.5) is 5.69 Å². The minimum Gasteiger partial charge on any atom is -0.321 e. The Balaban J connectivity index is 1.76. The zero-order chi connectivity index (χ0) is 15.5. The van der Waals surface area contributed by atoms with Crippen LogP contribution in [0.25, 0.3) is 5.82 Å². The summed E-state index contributed by atoms with van der Waals surface area (Å²) in [6.07, 6.45) is 4.96. The molecule has 110 valence electrons. The fraction of sp³-hybridized carbons (Fsp3) is 0. The highest BCUT2D eigenvalue weighted by atomic mass is 35.5. The summed E-state index contributed by atoms with van der Waals surface area (Å²) < 4.78 is 1.69. The highest BCUT2D eigenvalue weighted by Gasteiger charge is 2.10. The molecule has 0 aliphatic rings. The maximum Gasteiger partial charge on any atom is 0.276 e. The van der Waals surface area contributed by atoms with Crippen molar-refractivity contribution in [3.8, 4) is 5.82 Å². The van der Waals surface area contributed by atoms with Crippen LogP contribution in [-0.2, 0) is 0 Å². The topological polar surface area (TPSA) is 72.7 Å². The standard InChI is InChI=1S/C14H9Cl2N5O/c15-10-2-1-9(7-11(10)16)18-14(22)12-3-4-13(20-19-12)21-6-5-17-8-21/h1-8H,(H,18,22). The molecule has 1 amide bonds. The highest BCUT2D eigenvalue weighted by Crippen LogP contribution is 2.25. The Labute approximate surface area is 135 Å². The summed E-state index contributed by atoms with van der Waals surface area (Å²) in [5, 5.41) is 11.3. The number of nitrogens with zero attached hydrogens (tertiary/aromatic N) is 4. The van der Waals surface area contributed by atoms with Gasteiger partial charge in [0.05, 0.1) is 10.0 Å². The van der Waals surface area contributed by atoms with Gasteiger partial charge in [0.1, 0.15) is 6.33 Å². The second kappa shape index (κ2) is 6.13. The number of anilines is 1. The van der Waals surface area contributed by atoms with Crippen molar-refractivity contribution in [1.29, 1.82) is 0 Å². The third kappa shape index (κ3) is 3.08. The Morgan fingerprint density at radius 2 is 1.95 bits per heavy atom. The van der Waals surface area contributed by atoms with Crippen molar-refractivity contribution in [3.05, 3.63) is 64.8 Å². The molecule has 0 bridgehead atoms. The monoisotopic (exact) mass is 333 g/mol. The molecule has 2 heterocycles. The maximum absolute atomic E-state index is 12.1. The lowest BCUT2D eigenvalue weighted by molar-refractivity contribution is 0.102. The van der Waals surface area contributed by atoms with Crippen LogP contribution in [0, 0.1) is 0 Å². The molecule has 22 heavy (non-hydrogen) atoms. The molecule has 0 aliphatic heterocycles. The van der Waals surface area contributed by atoms with Crippen molar-refractivity contribution in [1.82, 2.24) is 19.7 Å². The number of aromatic nitrogens is 4. The third-order valence-corrected chi connectivity index (χ3v) is 3.57. The minimum absolute atomic E-state index is 0.190. The average Bonchev–Trinajstić information content (AvgIpc) is 3.05. The molecule has 0 unspecified atom stereocenters. The van der Waals surface area contributed by atoms with E-state index in [2.05, 4.69) is 20.5 Å². The molecular formula is C14H9Cl2N5O. The Morgan fingerprint density at radius 3 is 2.59 bits per heavy atom. The number of benzene rings is 1. The summed E-state index contributed by atoms with van der Waals surface area (Å²) in [4.78, 5) is 16.0. The van der Waals surface area contributed by atoms with E-state index in [1.807, 2.05) is 0 Å². The molecule has 0 saturated heterocycles. The Hall–Kier alpha value is -2.44. The second-order valence-corrected chi connectivity index (χ2v) is 5.14. The molecule has 0 atom stereocenters. The van der Waals surface area contributed by atoms with E-state index in [-0.39, 0.29) is 11.6 Å². The van der Waals surface area contributed by atoms with E-state index < -0.39 is 0 Å². The summed E-state index contributed by atoms with van der Waals surface area (Å²) in [6.45, 7) is 0. The van der Waals surface area contributed by atoms with Crippen molar-refractivity contribution in [2.75, 3.05) is 5.32 Å². The van der Waals surface area contributed by atoms with E-state index in [1.165, 1.54) is 0 Å². The molecule has 8 heteroatoms. The van der Waals surface area contributed by atoms with Crippen LogP contribution in [0.1, 0.15) is 10.5 Å². The molecule has 1 N–H and O–H groups in total. The first-order valence-electron chi connectivity index (χ1n) is 6.22. The Kier molecular flexibility index (Phi) is 4.04. The van der Waals surface area contributed by atoms with E-state index in [1.54, 1.807) is 53.6 Å². The normalized spacial score (nSPS) is 10.5. The van der Waals surface area contributed by atoms with Gasteiger partial charge in [-0.05, 0) is 30.3 Å². The number of imidazole rings is 1. The number of carbonyl (C=O) groups excluding carboxylic acids is 1. The lowest BCUT2D eigenvalue weighted by atomic mass is 10.3. The molecule has 1 aromatic carbocycles. The van der Waals surface area contributed by atoms with E-state index in [4.69, 9.17) is 23.2 Å². The van der Waals surface area contributed by atoms with E-state index in [0.29, 0.717) is 21.6 Å². The minimum atomic E-state index is -0.386. The van der Waals surface area contributed by atoms with Crippen LogP contribution >= 0.6 is 23.2 Å². The molecule has 0 saturated carbocycles. The molecule has 2 aromatic heterocycles. The van der Waals surface area contributed by atoms with E-state index >= 15 is 0 Å². The first kappa shape index (κ1) is 14.5. The summed E-state index contributed by atoms with van der Waals surface area (Å²) >= 11 is 11.7. The lowest BCUT2D eigenvalue weighted by Crippen LogP contribution is -2.14. The van der Waals surface area contributed by atoms with Crippen LogP contribution in [0.2, 0.25) is 10.0 Å². The number of hydrogen-bond donors (Lipinski definition) is 1. The highest BCUT2D eigenvalue weighted by molar-refractivity contribution is 6.42. The van der Waals surface area contributed by atoms with Gasteiger partial charge in [0.25, 0.3) is 5.91 Å². The van der Waals surface area contributed by atoms with Crippen molar-refractivity contribution in [3.63, 3.8) is 0 Å². The molecule has 0 aliphatic carbocycles. The van der Waals surface area contributed by atoms with Crippen LogP contribution in [0.3, 0.4) is 0 Å². The van der Waals surface area contributed by atoms with Gasteiger partial charge in [0.2, 0.25) is 0 Å². The number of rotatable bonds is 3. The van der Waals surface area contributed by atoms with Crippen LogP contribution < -0.4 is 5.32 Å². The molecule has 0 radical (unpaired) electrons. The molecule has 3 aromatic rings. The summed E-state index contributed by atoms with van der Waals surface area (Å²) in [5.74, 6) is 0.187. The van der Waals surface area contributed by atoms with Gasteiger partial charge in [-0.2, -0.15) is 0 Å². The summed E-state index contributed by atoms with van der Waals surface area (Å²) in [6, 6.07) is 8.08. The van der Waals surface area contributed by atoms with Gasteiger partial charge in [-0.1, -0.05) is 23.2 Å². The van der Waals surface area contributed by atoms with Gasteiger partial charge in [0.15, 0.2) is 11.5 Å². The number of carbonyl (C=O) groups is 1. The Morgan fingerprint density at radius 1 is 1.09 bits per heavy atom. The summed E-state index contributed by atoms with van der Waals surface area (Å²) in [7, 11) is 0. The van der Waals surface area contributed by atoms with Crippen LogP contribution in [0.15, 0.2) is 49.1 Å². The fourth-order valence-corrected chi connectivity index (χ4v) is 2.05. The number of hydrogen-bond acceptors (Lipinski definition) is 4. The van der Waals surface area contributed by atoms with Crippen molar-refractivity contribution in [2.45, 2.75) is 0 Å². The van der Waals surface area contributed by atoms with Gasteiger partial charge in [0, 0.05) is 18.1 Å². The zero-order valence-electron chi connectivity index (χ0n) is 11.1. The number of halogens is 2. The van der Waals surface area contributed by atoms with Crippen molar-refractivity contribution >= 4 is 34.8 Å². The van der Waals surface area contributed by atoms with Crippen LogP contribution in [-0.4, -0.2) is 25.7 Å². The predicted molar refractivity (Wildman–Crippen MR) is 83.6 cm³/mol. The third-order valence-electron chi connectivity index (χ3n) is 2.83. The largest absolute Gasteiger partial charge is 0.321 e. The maximum atomic E-state index is 12.1. The van der Waals surface area contributed by atoms with Crippen LogP contribution in [0.5, 0.6) is 0 Å². The Bertz CT molecular complexity index is 803. The quantitative estimate of drug-likeness (QED) is 0.798. The SMILES string of the molecule is O=C(Nc1ccc(Cl)c(Cl)c1)c1ccc(-n2ccnc2)nn1. The van der Waals surface area contributed by atoms with E-state index in [0.717, 1.165) is 0 Å². The zero-order valence-corrected chi connectivity index (χ0v) is 12.6. The van der Waals surface area contributed by atoms with Crippen molar-refractivity contribution < 1.29 is 4.79 Å². The van der Waals surface area contributed by atoms with Gasteiger partial charge in [-0.15, -0.1) is 10.2 Å². The summed E-state index contributed by atoms with van der Waals surface area (Å²) in [5.41, 5.74) is 0.717. The molecule has 6 nitrogen and oxygen atoms in total. The number of amides is 1. The van der Waals surface area contributed by atoms with Gasteiger partial charge in [-0.25, -0.2) is 4.98 Å².